The zero-order valence-corrected chi connectivity index (χ0v) is 20.7. The lowest BCUT2D eigenvalue weighted by Gasteiger charge is -2.30. The fourth-order valence-electron chi connectivity index (χ4n) is 4.18. The smallest absolute Gasteiger partial charge is 0.330 e. The zero-order valence-electron chi connectivity index (χ0n) is 18.3. The third kappa shape index (κ3) is 7.80. The van der Waals surface area contributed by atoms with Gasteiger partial charge in [0.05, 0.1) is 11.6 Å². The highest BCUT2D eigenvalue weighted by Gasteiger charge is 2.33. The first-order valence-electron chi connectivity index (χ1n) is 10.8. The molecule has 1 aliphatic carbocycles. The van der Waals surface area contributed by atoms with E-state index in [0.29, 0.717) is 29.9 Å². The first-order valence-corrected chi connectivity index (χ1v) is 11.1. The molecule has 0 unspecified atom stereocenters. The van der Waals surface area contributed by atoms with Gasteiger partial charge in [-0.05, 0) is 69.2 Å². The van der Waals surface area contributed by atoms with Gasteiger partial charge in [0.2, 0.25) is 5.91 Å². The van der Waals surface area contributed by atoms with Gasteiger partial charge in [0, 0.05) is 37.3 Å². The summed E-state index contributed by atoms with van der Waals surface area (Å²) in [6, 6.07) is 1.88. The molecule has 1 aliphatic heterocycles. The summed E-state index contributed by atoms with van der Waals surface area (Å²) in [5, 5.41) is 3.83. The fraction of sp³-hybridized carbons (Fsp3) is 0.591. The van der Waals surface area contributed by atoms with Crippen molar-refractivity contribution in [3.63, 3.8) is 0 Å². The highest BCUT2D eigenvalue weighted by atomic mass is 35.5. The number of nitrogens with zero attached hydrogens (tertiary/aromatic N) is 2. The van der Waals surface area contributed by atoms with Crippen molar-refractivity contribution in [3.8, 4) is 0 Å². The summed E-state index contributed by atoms with van der Waals surface area (Å²) in [7, 11) is 0. The Bertz CT molecular complexity index is 786. The van der Waals surface area contributed by atoms with Crippen molar-refractivity contribution >= 4 is 60.2 Å². The number of pyridine rings is 1. The number of anilines is 1. The van der Waals surface area contributed by atoms with Crippen LogP contribution in [-0.2, 0) is 14.3 Å². The number of rotatable bonds is 7. The zero-order chi connectivity index (χ0) is 21.5. The van der Waals surface area contributed by atoms with E-state index in [1.165, 1.54) is 6.08 Å². The van der Waals surface area contributed by atoms with E-state index in [0.717, 1.165) is 50.8 Å². The summed E-state index contributed by atoms with van der Waals surface area (Å²) >= 11 is 6.37. The number of hydrogen-bond donors (Lipinski definition) is 2. The van der Waals surface area contributed by atoms with Crippen LogP contribution in [0.2, 0.25) is 5.02 Å². The molecule has 1 saturated heterocycles. The van der Waals surface area contributed by atoms with Crippen LogP contribution < -0.4 is 11.1 Å². The number of carbonyl (C=O) groups excluding carboxylic acids is 2. The highest BCUT2D eigenvalue weighted by molar-refractivity contribution is 6.33. The second kappa shape index (κ2) is 13.9. The summed E-state index contributed by atoms with van der Waals surface area (Å²) in [4.78, 5) is 30.6. The van der Waals surface area contributed by atoms with Crippen LogP contribution in [0.1, 0.15) is 44.6 Å². The molecule has 32 heavy (non-hydrogen) atoms. The van der Waals surface area contributed by atoms with Gasteiger partial charge < -0.3 is 20.7 Å². The van der Waals surface area contributed by atoms with Crippen LogP contribution in [0, 0.1) is 11.8 Å². The number of nitrogens with one attached hydrogen (secondary N) is 1. The standard InChI is InChI=1S/C22H31ClN4O3.2ClH/c1-2-30-20(28)8-5-16-11-19(23)21(25-13-16)26-18-9-10-27(14-18)22(29)17-6-3-15(12-24)4-7-17;;/h5,8,11,13,15,17-18H,2-4,6-7,9-10,12,14,24H2,1H3,(H,25,26);2*1H/b8-5+;;/t15?,17?,18-;;/m1../s1. The number of ether oxygens (including phenoxy) is 1. The third-order valence-electron chi connectivity index (χ3n) is 5.93. The van der Waals surface area contributed by atoms with E-state index in [-0.39, 0.29) is 42.7 Å². The van der Waals surface area contributed by atoms with Gasteiger partial charge in [0.1, 0.15) is 5.82 Å². The number of hydrogen-bond acceptors (Lipinski definition) is 6. The van der Waals surface area contributed by atoms with E-state index >= 15 is 0 Å². The number of carbonyl (C=O) groups is 2. The van der Waals surface area contributed by atoms with Crippen molar-refractivity contribution in [2.75, 3.05) is 31.6 Å². The van der Waals surface area contributed by atoms with Crippen LogP contribution in [0.25, 0.3) is 6.08 Å². The lowest BCUT2D eigenvalue weighted by Crippen LogP contribution is -2.38. The van der Waals surface area contributed by atoms with Crippen LogP contribution >= 0.6 is 36.4 Å². The number of amides is 1. The molecule has 1 aromatic rings. The Morgan fingerprint density at radius 2 is 2.00 bits per heavy atom. The van der Waals surface area contributed by atoms with Crippen molar-refractivity contribution in [2.24, 2.45) is 17.6 Å². The van der Waals surface area contributed by atoms with Crippen molar-refractivity contribution < 1.29 is 14.3 Å². The Labute approximate surface area is 207 Å². The van der Waals surface area contributed by atoms with E-state index in [1.54, 1.807) is 25.3 Å². The minimum Gasteiger partial charge on any atom is -0.463 e. The first kappa shape index (κ1) is 28.5. The molecule has 2 fully saturated rings. The highest BCUT2D eigenvalue weighted by Crippen LogP contribution is 2.31. The molecule has 3 N–H and O–H groups in total. The summed E-state index contributed by atoms with van der Waals surface area (Å²) in [6.45, 7) is 4.24. The lowest BCUT2D eigenvalue weighted by molar-refractivity contribution is -0.137. The van der Waals surface area contributed by atoms with Crippen LogP contribution in [0.5, 0.6) is 0 Å². The summed E-state index contributed by atoms with van der Waals surface area (Å²) in [6.07, 6.45) is 9.50. The van der Waals surface area contributed by atoms with Crippen LogP contribution in [0.4, 0.5) is 5.82 Å². The van der Waals surface area contributed by atoms with Crippen molar-refractivity contribution in [1.29, 1.82) is 0 Å². The van der Waals surface area contributed by atoms with Crippen LogP contribution in [0.15, 0.2) is 18.3 Å². The van der Waals surface area contributed by atoms with E-state index in [1.807, 2.05) is 4.90 Å². The Kier molecular flexibility index (Phi) is 12.4. The Balaban J connectivity index is 0.00000256. The van der Waals surface area contributed by atoms with Gasteiger partial charge in [-0.25, -0.2) is 9.78 Å². The van der Waals surface area contributed by atoms with Gasteiger partial charge in [-0.1, -0.05) is 11.6 Å². The summed E-state index contributed by atoms with van der Waals surface area (Å²) in [5.41, 5.74) is 6.48. The molecule has 2 heterocycles. The second-order valence-corrected chi connectivity index (χ2v) is 8.46. The molecule has 7 nitrogen and oxygen atoms in total. The maximum atomic E-state index is 12.9. The average molecular weight is 508 g/mol. The molecular formula is C22H33Cl3N4O3. The predicted octanol–water partition coefficient (Wildman–Crippen LogP) is 3.93. The monoisotopic (exact) mass is 506 g/mol. The van der Waals surface area contributed by atoms with Gasteiger partial charge in [-0.15, -0.1) is 24.8 Å². The normalized spacial score (nSPS) is 22.7. The SMILES string of the molecule is CCOC(=O)/C=C/c1cnc(N[C@@H]2CCN(C(=O)C3CCC(CN)CC3)C2)c(Cl)c1.Cl.Cl. The molecule has 0 spiro atoms. The van der Waals surface area contributed by atoms with E-state index < -0.39 is 5.97 Å². The molecule has 10 heteroatoms. The van der Waals surface area contributed by atoms with Crippen molar-refractivity contribution in [1.82, 2.24) is 9.88 Å². The average Bonchev–Trinajstić information content (AvgIpc) is 3.22. The van der Waals surface area contributed by atoms with E-state index in [9.17, 15) is 9.59 Å². The molecule has 0 radical (unpaired) electrons. The molecule has 2 aliphatic rings. The summed E-state index contributed by atoms with van der Waals surface area (Å²) in [5.74, 6) is 1.17. The Morgan fingerprint density at radius 1 is 1.28 bits per heavy atom. The van der Waals surface area contributed by atoms with E-state index in [2.05, 4.69) is 10.3 Å². The van der Waals surface area contributed by atoms with Crippen LogP contribution in [-0.4, -0.2) is 54.0 Å². The maximum Gasteiger partial charge on any atom is 0.330 e. The van der Waals surface area contributed by atoms with Crippen molar-refractivity contribution in [3.05, 3.63) is 28.9 Å². The van der Waals surface area contributed by atoms with Crippen LogP contribution in [0.3, 0.4) is 0 Å². The molecule has 3 rings (SSSR count). The third-order valence-corrected chi connectivity index (χ3v) is 6.22. The Morgan fingerprint density at radius 3 is 2.62 bits per heavy atom. The molecular weight excluding hydrogens is 475 g/mol. The molecule has 1 aromatic heterocycles. The molecule has 0 aromatic carbocycles. The Hall–Kier alpha value is -1.54. The van der Waals surface area contributed by atoms with Gasteiger partial charge in [0.25, 0.3) is 0 Å². The largest absolute Gasteiger partial charge is 0.463 e. The minimum absolute atomic E-state index is 0. The van der Waals surface area contributed by atoms with E-state index in [4.69, 9.17) is 22.1 Å². The summed E-state index contributed by atoms with van der Waals surface area (Å²) < 4.78 is 4.86. The maximum absolute atomic E-state index is 12.9. The number of nitrogens with two attached hydrogens (primary N) is 1. The van der Waals surface area contributed by atoms with Gasteiger partial charge in [0.15, 0.2) is 0 Å². The number of likely N-dealkylation sites (tertiary alicyclic amines) is 1. The predicted molar refractivity (Wildman–Crippen MR) is 133 cm³/mol. The minimum atomic E-state index is -0.400. The second-order valence-electron chi connectivity index (χ2n) is 8.05. The number of aromatic nitrogens is 1. The topological polar surface area (TPSA) is 97.5 Å². The molecule has 1 saturated carbocycles. The number of esters is 1. The van der Waals surface area contributed by atoms with Crippen molar-refractivity contribution in [2.45, 2.75) is 45.1 Å². The van der Waals surface area contributed by atoms with Gasteiger partial charge >= 0.3 is 5.97 Å². The van der Waals surface area contributed by atoms with Gasteiger partial charge in [-0.3, -0.25) is 4.79 Å². The molecule has 180 valence electrons. The number of halogens is 3. The fourth-order valence-corrected chi connectivity index (χ4v) is 4.41. The van der Waals surface area contributed by atoms with Gasteiger partial charge in [-0.2, -0.15) is 0 Å². The molecule has 1 amide bonds. The first-order chi connectivity index (χ1) is 14.5. The molecule has 0 bridgehead atoms. The lowest BCUT2D eigenvalue weighted by atomic mass is 9.81. The molecule has 1 atom stereocenters. The quantitative estimate of drug-likeness (QED) is 0.429.